The average molecular weight is 431 g/mol. The van der Waals surface area contributed by atoms with Crippen molar-refractivity contribution < 1.29 is 23.5 Å². The zero-order valence-corrected chi connectivity index (χ0v) is 17.2. The third-order valence-electron chi connectivity index (χ3n) is 6.11. The van der Waals surface area contributed by atoms with E-state index in [0.29, 0.717) is 13.0 Å². The number of aryl methyl sites for hydroxylation is 1. The molecule has 2 aliphatic rings. The van der Waals surface area contributed by atoms with Crippen LogP contribution in [0, 0.1) is 12.7 Å². The number of hydrogen-bond acceptors (Lipinski definition) is 4. The summed E-state index contributed by atoms with van der Waals surface area (Å²) >= 11 is 0. The molecule has 0 aliphatic carbocycles. The number of rotatable bonds is 3. The smallest absolute Gasteiger partial charge is 0.274 e. The van der Waals surface area contributed by atoms with Gasteiger partial charge in [-0.3, -0.25) is 14.4 Å². The minimum absolute atomic E-state index is 0.0801. The first-order valence-electron chi connectivity index (χ1n) is 10.1. The Balaban J connectivity index is 1.71. The number of pyridine rings is 1. The van der Waals surface area contributed by atoms with Crippen molar-refractivity contribution in [2.45, 2.75) is 44.9 Å². The lowest BCUT2D eigenvalue weighted by atomic mass is 9.92. The van der Waals surface area contributed by atoms with Crippen LogP contribution < -0.4 is 10.7 Å². The second-order valence-corrected chi connectivity index (χ2v) is 8.40. The van der Waals surface area contributed by atoms with Crippen molar-refractivity contribution in [2.24, 2.45) is 0 Å². The highest BCUT2D eigenvalue weighted by atomic mass is 19.1. The monoisotopic (exact) mass is 431 g/mol. The molecule has 2 atom stereocenters. The summed E-state index contributed by atoms with van der Waals surface area (Å²) in [6.45, 7) is 3.38. The minimum atomic E-state index is -1.70. The van der Waals surface area contributed by atoms with Crippen LogP contribution in [0.25, 0.3) is 0 Å². The van der Waals surface area contributed by atoms with Gasteiger partial charge >= 0.3 is 0 Å². The van der Waals surface area contributed by atoms with Crippen molar-refractivity contribution in [3.63, 3.8) is 0 Å². The first kappa shape index (κ1) is 21.0. The molecule has 4 rings (SSSR count). The summed E-state index contributed by atoms with van der Waals surface area (Å²) in [4.78, 5) is 39.5. The highest BCUT2D eigenvalue weighted by Gasteiger charge is 2.46. The fraction of sp³-hybridized carbons (Fsp3) is 0.409. The lowest BCUT2D eigenvalue weighted by Crippen LogP contribution is -2.48. The Labute approximate surface area is 177 Å². The van der Waals surface area contributed by atoms with E-state index in [0.717, 1.165) is 11.8 Å². The maximum absolute atomic E-state index is 15.4. The van der Waals surface area contributed by atoms with E-state index in [1.54, 1.807) is 13.0 Å². The zero-order valence-electron chi connectivity index (χ0n) is 17.2. The van der Waals surface area contributed by atoms with Crippen molar-refractivity contribution in [3.8, 4) is 5.75 Å². The number of nitrogens with zero attached hydrogens (tertiary/aromatic N) is 2. The van der Waals surface area contributed by atoms with Gasteiger partial charge in [-0.2, -0.15) is 0 Å². The van der Waals surface area contributed by atoms with Gasteiger partial charge in [0.1, 0.15) is 17.0 Å². The molecule has 2 amide bonds. The first-order chi connectivity index (χ1) is 14.6. The number of aromatic hydroxyl groups is 1. The fourth-order valence-corrected chi connectivity index (χ4v) is 4.29. The topological polar surface area (TPSA) is 91.6 Å². The number of nitrogens with one attached hydrogen (secondary N) is 1. The number of carbonyl (C=O) groups is 2. The van der Waals surface area contributed by atoms with Gasteiger partial charge in [0, 0.05) is 31.4 Å². The number of fused-ring (bicyclic) bond motifs is 4. The van der Waals surface area contributed by atoms with Crippen molar-refractivity contribution in [3.05, 3.63) is 62.8 Å². The Morgan fingerprint density at radius 3 is 2.81 bits per heavy atom. The van der Waals surface area contributed by atoms with Crippen LogP contribution >= 0.6 is 0 Å². The number of benzene rings is 1. The second kappa shape index (κ2) is 7.47. The summed E-state index contributed by atoms with van der Waals surface area (Å²) in [5, 5.41) is 12.9. The third-order valence-corrected chi connectivity index (χ3v) is 6.11. The summed E-state index contributed by atoms with van der Waals surface area (Å²) in [7, 11) is 0. The Hall–Kier alpha value is -3.23. The molecule has 1 fully saturated rings. The summed E-state index contributed by atoms with van der Waals surface area (Å²) in [6.07, 6.45) is 1.77. The zero-order chi connectivity index (χ0) is 22.5. The molecule has 2 aromatic rings. The van der Waals surface area contributed by atoms with E-state index in [-0.39, 0.29) is 30.8 Å². The summed E-state index contributed by atoms with van der Waals surface area (Å²) < 4.78 is 30.6. The number of alkyl halides is 1. The SMILES string of the molecule is Cc1ccc(CNC(=O)c2cn3c(c(O)c2=O)C(=O)N2CCC[C@](C)(F)[C@@H]3C2)c(F)c1. The van der Waals surface area contributed by atoms with Crippen LogP contribution in [0.5, 0.6) is 5.75 Å². The predicted octanol–water partition coefficient (Wildman–Crippen LogP) is 2.45. The highest BCUT2D eigenvalue weighted by Crippen LogP contribution is 2.40. The second-order valence-electron chi connectivity index (χ2n) is 8.40. The van der Waals surface area contributed by atoms with Crippen LogP contribution in [-0.2, 0) is 6.54 Å². The van der Waals surface area contributed by atoms with Gasteiger partial charge in [0.2, 0.25) is 5.43 Å². The molecule has 7 nitrogen and oxygen atoms in total. The van der Waals surface area contributed by atoms with Gasteiger partial charge in [-0.05, 0) is 38.3 Å². The first-order valence-corrected chi connectivity index (χ1v) is 10.1. The van der Waals surface area contributed by atoms with Gasteiger partial charge in [0.15, 0.2) is 11.4 Å². The van der Waals surface area contributed by atoms with Crippen LogP contribution in [0.3, 0.4) is 0 Å². The standard InChI is InChI=1S/C22H23F2N3O4/c1-12-4-5-13(15(23)8-12)9-25-20(30)14-10-27-16-11-26(7-3-6-22(16,2)24)21(31)17(27)19(29)18(14)28/h4-5,8,10,16,29H,3,6-7,9,11H2,1-2H3,(H,25,30)/t16-,22-/m0/s1. The normalized spacial score (nSPS) is 22.6. The molecule has 0 radical (unpaired) electrons. The highest BCUT2D eigenvalue weighted by molar-refractivity contribution is 5.99. The van der Waals surface area contributed by atoms with E-state index >= 15 is 4.39 Å². The maximum Gasteiger partial charge on any atom is 0.274 e. The Kier molecular flexibility index (Phi) is 5.07. The van der Waals surface area contributed by atoms with Crippen LogP contribution in [0.4, 0.5) is 8.78 Å². The molecule has 1 saturated heterocycles. The van der Waals surface area contributed by atoms with E-state index in [2.05, 4.69) is 5.32 Å². The van der Waals surface area contributed by atoms with Crippen molar-refractivity contribution in [1.82, 2.24) is 14.8 Å². The van der Waals surface area contributed by atoms with Gasteiger partial charge in [0.05, 0.1) is 6.04 Å². The molecule has 164 valence electrons. The number of hydrogen-bond donors (Lipinski definition) is 2. The lowest BCUT2D eigenvalue weighted by molar-refractivity contribution is 0.0520. The largest absolute Gasteiger partial charge is 0.503 e. The molecule has 31 heavy (non-hydrogen) atoms. The average Bonchev–Trinajstić information content (AvgIpc) is 2.84. The van der Waals surface area contributed by atoms with E-state index < -0.39 is 46.1 Å². The van der Waals surface area contributed by atoms with Crippen LogP contribution in [-0.4, -0.2) is 45.1 Å². The molecule has 0 spiro atoms. The van der Waals surface area contributed by atoms with Crippen LogP contribution in [0.1, 0.15) is 57.8 Å². The van der Waals surface area contributed by atoms with E-state index in [4.69, 9.17) is 0 Å². The summed E-state index contributed by atoms with van der Waals surface area (Å²) in [5.74, 6) is -2.80. The molecule has 0 unspecified atom stereocenters. The molecule has 2 bridgehead atoms. The van der Waals surface area contributed by atoms with Crippen LogP contribution in [0.2, 0.25) is 0 Å². The van der Waals surface area contributed by atoms with Crippen molar-refractivity contribution in [2.75, 3.05) is 13.1 Å². The minimum Gasteiger partial charge on any atom is -0.503 e. The van der Waals surface area contributed by atoms with Gasteiger partial charge in [0.25, 0.3) is 11.8 Å². The number of aromatic nitrogens is 1. The molecule has 1 aromatic heterocycles. The number of carbonyl (C=O) groups excluding carboxylic acids is 2. The fourth-order valence-electron chi connectivity index (χ4n) is 4.29. The Morgan fingerprint density at radius 2 is 2.10 bits per heavy atom. The summed E-state index contributed by atoms with van der Waals surface area (Å²) in [6, 6.07) is 3.69. The molecule has 1 aromatic carbocycles. The summed E-state index contributed by atoms with van der Waals surface area (Å²) in [5.41, 5.74) is -2.52. The van der Waals surface area contributed by atoms with E-state index in [9.17, 15) is 23.9 Å². The van der Waals surface area contributed by atoms with E-state index in [1.807, 2.05) is 0 Å². The Morgan fingerprint density at radius 1 is 1.35 bits per heavy atom. The molecule has 9 heteroatoms. The lowest BCUT2D eigenvalue weighted by Gasteiger charge is -2.38. The van der Waals surface area contributed by atoms with Gasteiger partial charge in [-0.15, -0.1) is 0 Å². The molecule has 0 saturated carbocycles. The molecule has 2 N–H and O–H groups in total. The maximum atomic E-state index is 15.4. The molecular formula is C22H23F2N3O4. The molecular weight excluding hydrogens is 408 g/mol. The quantitative estimate of drug-likeness (QED) is 0.781. The Bertz CT molecular complexity index is 1140. The van der Waals surface area contributed by atoms with Crippen LogP contribution in [0.15, 0.2) is 29.2 Å². The molecule has 3 heterocycles. The van der Waals surface area contributed by atoms with E-state index in [1.165, 1.54) is 28.5 Å². The van der Waals surface area contributed by atoms with Crippen molar-refractivity contribution in [1.29, 1.82) is 0 Å². The third kappa shape index (κ3) is 3.58. The number of amides is 2. The predicted molar refractivity (Wildman–Crippen MR) is 108 cm³/mol. The molecule has 2 aliphatic heterocycles. The van der Waals surface area contributed by atoms with Gasteiger partial charge < -0.3 is 19.9 Å². The van der Waals surface area contributed by atoms with Crippen molar-refractivity contribution >= 4 is 11.8 Å². The number of halogens is 2. The van der Waals surface area contributed by atoms with Gasteiger partial charge in [-0.25, -0.2) is 8.78 Å². The van der Waals surface area contributed by atoms with Gasteiger partial charge in [-0.1, -0.05) is 12.1 Å².